The number of nitrogens with zero attached hydrogens (tertiary/aromatic N) is 2. The molecule has 0 saturated carbocycles. The van der Waals surface area contributed by atoms with Crippen molar-refractivity contribution in [2.75, 3.05) is 7.11 Å². The van der Waals surface area contributed by atoms with Crippen molar-refractivity contribution in [3.8, 4) is 17.1 Å². The molecule has 1 amide bonds. The van der Waals surface area contributed by atoms with Crippen LogP contribution in [0.25, 0.3) is 11.3 Å². The summed E-state index contributed by atoms with van der Waals surface area (Å²) in [7, 11) is 1.41. The topological polar surface area (TPSA) is 107 Å². The van der Waals surface area contributed by atoms with Gasteiger partial charge in [-0.2, -0.15) is 5.10 Å². The Hall–Kier alpha value is -3.36. The predicted molar refractivity (Wildman–Crippen MR) is 109 cm³/mol. The Morgan fingerprint density at radius 3 is 2.66 bits per heavy atom. The number of amides is 1. The maximum atomic E-state index is 12.1. The van der Waals surface area contributed by atoms with Gasteiger partial charge in [0.15, 0.2) is 0 Å². The maximum absolute atomic E-state index is 12.1. The summed E-state index contributed by atoms with van der Waals surface area (Å²) >= 11 is 11.7. The molecule has 1 heterocycles. The Labute approximate surface area is 174 Å². The summed E-state index contributed by atoms with van der Waals surface area (Å²) in [5.74, 6) is 0.609. The van der Waals surface area contributed by atoms with Gasteiger partial charge in [-0.25, -0.2) is 5.43 Å². The molecule has 1 N–H and O–H groups in total. The third-order valence-corrected chi connectivity index (χ3v) is 4.57. The van der Waals surface area contributed by atoms with E-state index in [0.717, 1.165) is 0 Å². The van der Waals surface area contributed by atoms with Crippen molar-refractivity contribution in [1.82, 2.24) is 5.43 Å². The van der Waals surface area contributed by atoms with Crippen molar-refractivity contribution in [3.63, 3.8) is 0 Å². The third kappa shape index (κ3) is 4.74. The number of ether oxygens (including phenoxy) is 1. The number of benzene rings is 2. The van der Waals surface area contributed by atoms with Gasteiger partial charge in [0.05, 0.1) is 39.9 Å². The summed E-state index contributed by atoms with van der Waals surface area (Å²) in [6.07, 6.45) is 1.32. The standard InChI is InChI=1S/C19H13Cl2N3O5/c1-28-18-9-12(24(26)27)3-5-14(18)17-7-4-13(29-17)10-22-23-19(25)11-2-6-15(20)16(21)8-11/h2-10H,1H3,(H,23,25)/b22-10-. The normalized spacial score (nSPS) is 10.9. The number of furan rings is 1. The molecule has 0 aliphatic rings. The Morgan fingerprint density at radius 2 is 1.97 bits per heavy atom. The molecule has 2 aromatic carbocycles. The van der Waals surface area contributed by atoms with Crippen molar-refractivity contribution >= 4 is 41.0 Å². The SMILES string of the molecule is COc1cc([N+](=O)[O-])ccc1-c1ccc(/C=N\NC(=O)c2ccc(Cl)c(Cl)c2)o1. The number of non-ortho nitro benzene ring substituents is 1. The van der Waals surface area contributed by atoms with Crippen LogP contribution in [0.2, 0.25) is 10.0 Å². The van der Waals surface area contributed by atoms with Crippen molar-refractivity contribution < 1.29 is 18.9 Å². The number of hydrazone groups is 1. The summed E-state index contributed by atoms with van der Waals surface area (Å²) in [6.45, 7) is 0. The Kier molecular flexibility index (Phi) is 6.16. The number of methoxy groups -OCH3 is 1. The van der Waals surface area contributed by atoms with Gasteiger partial charge < -0.3 is 9.15 Å². The summed E-state index contributed by atoms with van der Waals surface area (Å²) in [4.78, 5) is 22.4. The van der Waals surface area contributed by atoms with E-state index in [9.17, 15) is 14.9 Å². The number of rotatable bonds is 6. The molecule has 3 aromatic rings. The highest BCUT2D eigenvalue weighted by Crippen LogP contribution is 2.34. The number of carbonyl (C=O) groups excluding carboxylic acids is 1. The lowest BCUT2D eigenvalue weighted by molar-refractivity contribution is -0.384. The number of carbonyl (C=O) groups is 1. The van der Waals surface area contributed by atoms with Crippen LogP contribution in [-0.4, -0.2) is 24.2 Å². The zero-order chi connectivity index (χ0) is 21.0. The molecule has 0 fully saturated rings. The van der Waals surface area contributed by atoms with E-state index in [1.807, 2.05) is 0 Å². The first-order valence-corrected chi connectivity index (χ1v) is 8.85. The van der Waals surface area contributed by atoms with E-state index in [0.29, 0.717) is 33.4 Å². The average Bonchev–Trinajstić information content (AvgIpc) is 3.18. The molecular weight excluding hydrogens is 421 g/mol. The quantitative estimate of drug-likeness (QED) is 0.336. The molecular formula is C19H13Cl2N3O5. The molecule has 0 aliphatic heterocycles. The average molecular weight is 434 g/mol. The number of nitrogens with one attached hydrogen (secondary N) is 1. The van der Waals surface area contributed by atoms with E-state index < -0.39 is 10.8 Å². The minimum atomic E-state index is -0.511. The monoisotopic (exact) mass is 433 g/mol. The van der Waals surface area contributed by atoms with Gasteiger partial charge in [0.1, 0.15) is 17.3 Å². The lowest BCUT2D eigenvalue weighted by atomic mass is 10.1. The summed E-state index contributed by atoms with van der Waals surface area (Å²) in [5.41, 5.74) is 3.10. The fraction of sp³-hybridized carbons (Fsp3) is 0.0526. The van der Waals surface area contributed by atoms with Crippen LogP contribution in [0.4, 0.5) is 5.69 Å². The molecule has 29 heavy (non-hydrogen) atoms. The molecule has 0 unspecified atom stereocenters. The van der Waals surface area contributed by atoms with Crippen molar-refractivity contribution in [2.45, 2.75) is 0 Å². The van der Waals surface area contributed by atoms with Gasteiger partial charge in [-0.3, -0.25) is 14.9 Å². The van der Waals surface area contributed by atoms with Gasteiger partial charge >= 0.3 is 0 Å². The van der Waals surface area contributed by atoms with Gasteiger partial charge in [-0.15, -0.1) is 0 Å². The van der Waals surface area contributed by atoms with Crippen molar-refractivity contribution in [3.05, 3.63) is 80.0 Å². The zero-order valence-corrected chi connectivity index (χ0v) is 16.4. The van der Waals surface area contributed by atoms with Gasteiger partial charge in [-0.1, -0.05) is 23.2 Å². The minimum Gasteiger partial charge on any atom is -0.496 e. The third-order valence-electron chi connectivity index (χ3n) is 3.83. The molecule has 0 aliphatic carbocycles. The van der Waals surface area contributed by atoms with Crippen molar-refractivity contribution in [2.24, 2.45) is 5.10 Å². The largest absolute Gasteiger partial charge is 0.496 e. The number of hydrogen-bond acceptors (Lipinski definition) is 6. The summed E-state index contributed by atoms with van der Waals surface area (Å²) < 4.78 is 10.9. The van der Waals surface area contributed by atoms with Gasteiger partial charge in [-0.05, 0) is 36.4 Å². The lowest BCUT2D eigenvalue weighted by Gasteiger charge is -2.05. The lowest BCUT2D eigenvalue weighted by Crippen LogP contribution is -2.17. The molecule has 0 atom stereocenters. The fourth-order valence-electron chi connectivity index (χ4n) is 2.42. The van der Waals surface area contributed by atoms with Crippen LogP contribution in [-0.2, 0) is 0 Å². The molecule has 148 valence electrons. The van der Waals surface area contributed by atoms with E-state index >= 15 is 0 Å². The first kappa shape index (κ1) is 20.4. The summed E-state index contributed by atoms with van der Waals surface area (Å²) in [5, 5.41) is 15.3. The molecule has 10 heteroatoms. The molecule has 0 radical (unpaired) electrons. The number of nitro groups is 1. The molecule has 3 rings (SSSR count). The summed E-state index contributed by atoms with van der Waals surface area (Å²) in [6, 6.07) is 11.9. The second kappa shape index (κ2) is 8.76. The van der Waals surface area contributed by atoms with Crippen LogP contribution in [0.3, 0.4) is 0 Å². The van der Waals surface area contributed by atoms with E-state index in [4.69, 9.17) is 32.4 Å². The first-order chi connectivity index (χ1) is 13.9. The number of halogens is 2. The highest BCUT2D eigenvalue weighted by molar-refractivity contribution is 6.42. The molecule has 0 bridgehead atoms. The molecule has 1 aromatic heterocycles. The highest BCUT2D eigenvalue weighted by Gasteiger charge is 2.15. The fourth-order valence-corrected chi connectivity index (χ4v) is 2.72. The number of nitro benzene ring substituents is 1. The van der Waals surface area contributed by atoms with Gasteiger partial charge in [0.2, 0.25) is 0 Å². The van der Waals surface area contributed by atoms with Crippen LogP contribution < -0.4 is 10.2 Å². The van der Waals surface area contributed by atoms with Gasteiger partial charge in [0, 0.05) is 11.6 Å². The molecule has 0 spiro atoms. The van der Waals surface area contributed by atoms with Crippen LogP contribution in [0.15, 0.2) is 58.0 Å². The smallest absolute Gasteiger partial charge is 0.273 e. The van der Waals surface area contributed by atoms with Crippen LogP contribution in [0.5, 0.6) is 5.75 Å². The van der Waals surface area contributed by atoms with Crippen molar-refractivity contribution in [1.29, 1.82) is 0 Å². The number of hydrogen-bond donors (Lipinski definition) is 1. The van der Waals surface area contributed by atoms with Crippen LogP contribution in [0.1, 0.15) is 16.1 Å². The van der Waals surface area contributed by atoms with E-state index in [2.05, 4.69) is 10.5 Å². The van der Waals surface area contributed by atoms with Gasteiger partial charge in [0.25, 0.3) is 11.6 Å². The highest BCUT2D eigenvalue weighted by atomic mass is 35.5. The Balaban J connectivity index is 1.72. The minimum absolute atomic E-state index is 0.0936. The molecule has 0 saturated heterocycles. The second-order valence-corrected chi connectivity index (χ2v) is 6.49. The van der Waals surface area contributed by atoms with E-state index in [1.165, 1.54) is 49.7 Å². The molecule has 8 nitrogen and oxygen atoms in total. The van der Waals surface area contributed by atoms with E-state index in [1.54, 1.807) is 12.1 Å². The predicted octanol–water partition coefficient (Wildman–Crippen LogP) is 4.93. The van der Waals surface area contributed by atoms with Crippen LogP contribution >= 0.6 is 23.2 Å². The Bertz CT molecular complexity index is 1110. The van der Waals surface area contributed by atoms with E-state index in [-0.39, 0.29) is 10.7 Å². The second-order valence-electron chi connectivity index (χ2n) is 5.67. The first-order valence-electron chi connectivity index (χ1n) is 8.10. The van der Waals surface area contributed by atoms with Crippen LogP contribution in [0, 0.1) is 10.1 Å². The maximum Gasteiger partial charge on any atom is 0.273 e. The zero-order valence-electron chi connectivity index (χ0n) is 14.9. The Morgan fingerprint density at radius 1 is 1.17 bits per heavy atom.